The highest BCUT2D eigenvalue weighted by molar-refractivity contribution is 5.82. The molecule has 0 spiro atoms. The number of hydrogen-bond donors (Lipinski definition) is 3. The van der Waals surface area contributed by atoms with E-state index in [9.17, 15) is 19.9 Å². The first-order valence-electron chi connectivity index (χ1n) is 6.28. The average molecular weight is 297 g/mol. The minimum absolute atomic E-state index is 0.298. The molecular weight excluding hydrogens is 278 g/mol. The molecule has 116 valence electrons. The van der Waals surface area contributed by atoms with Gasteiger partial charge < -0.3 is 14.9 Å². The maximum Gasteiger partial charge on any atom is 0.437 e. The van der Waals surface area contributed by atoms with Crippen molar-refractivity contribution in [2.45, 2.75) is 38.5 Å². The highest BCUT2D eigenvalue weighted by atomic mass is 16.7. The maximum absolute atomic E-state index is 11.7. The van der Waals surface area contributed by atoms with Crippen molar-refractivity contribution in [1.82, 2.24) is 5.06 Å². The van der Waals surface area contributed by atoms with Crippen LogP contribution in [0.4, 0.5) is 4.79 Å². The molecule has 0 saturated carbocycles. The fraction of sp³-hybridized carbons (Fsp3) is 0.429. The van der Waals surface area contributed by atoms with Gasteiger partial charge in [0, 0.05) is 6.42 Å². The highest BCUT2D eigenvalue weighted by Gasteiger charge is 2.47. The molecule has 0 aliphatic heterocycles. The Morgan fingerprint density at radius 2 is 1.71 bits per heavy atom. The van der Waals surface area contributed by atoms with Gasteiger partial charge in [0.05, 0.1) is 0 Å². The van der Waals surface area contributed by atoms with Crippen LogP contribution in [0.3, 0.4) is 0 Å². The SMILES string of the molecule is CC(C)(C)OC(=O)N(O)[C@@](O)(Cc1ccccc1)C(=O)O. The summed E-state index contributed by atoms with van der Waals surface area (Å²) < 4.78 is 4.85. The summed E-state index contributed by atoms with van der Waals surface area (Å²) >= 11 is 0. The molecule has 7 nitrogen and oxygen atoms in total. The van der Waals surface area contributed by atoms with Crippen molar-refractivity contribution in [3.8, 4) is 0 Å². The van der Waals surface area contributed by atoms with Gasteiger partial charge in [0.15, 0.2) is 0 Å². The standard InChI is InChI=1S/C14H19NO6/c1-13(2,3)21-12(18)15(20)14(19,11(16)17)9-10-7-5-4-6-8-10/h4-8,19-20H,9H2,1-3H3,(H,16,17)/t14-/m1/s1. The third-order valence-corrected chi connectivity index (χ3v) is 2.55. The first-order chi connectivity index (χ1) is 9.56. The number of ether oxygens (including phenoxy) is 1. The van der Waals surface area contributed by atoms with E-state index in [1.165, 1.54) is 0 Å². The second-order valence-electron chi connectivity index (χ2n) is 5.58. The number of carboxylic acids is 1. The van der Waals surface area contributed by atoms with E-state index in [1.807, 2.05) is 0 Å². The van der Waals surface area contributed by atoms with Crippen LogP contribution >= 0.6 is 0 Å². The zero-order valence-electron chi connectivity index (χ0n) is 12.1. The number of carbonyl (C=O) groups is 2. The van der Waals surface area contributed by atoms with Crippen molar-refractivity contribution in [2.75, 3.05) is 0 Å². The Hall–Kier alpha value is -2.12. The number of hydrogen-bond acceptors (Lipinski definition) is 5. The van der Waals surface area contributed by atoms with Gasteiger partial charge in [-0.15, -0.1) is 5.06 Å². The zero-order chi connectivity index (χ0) is 16.3. The van der Waals surface area contributed by atoms with Gasteiger partial charge in [0.2, 0.25) is 0 Å². The van der Waals surface area contributed by atoms with Crippen LogP contribution in [0.1, 0.15) is 26.3 Å². The largest absolute Gasteiger partial charge is 0.478 e. The van der Waals surface area contributed by atoms with E-state index >= 15 is 0 Å². The fourth-order valence-corrected chi connectivity index (χ4v) is 1.58. The minimum Gasteiger partial charge on any atom is -0.478 e. The van der Waals surface area contributed by atoms with E-state index in [-0.39, 0.29) is 5.06 Å². The number of benzene rings is 1. The van der Waals surface area contributed by atoms with Gasteiger partial charge >= 0.3 is 12.1 Å². The Morgan fingerprint density at radius 3 is 2.14 bits per heavy atom. The van der Waals surface area contributed by atoms with Crippen LogP contribution in [-0.2, 0) is 16.0 Å². The van der Waals surface area contributed by atoms with Crippen molar-refractivity contribution >= 4 is 12.1 Å². The van der Waals surface area contributed by atoms with Gasteiger partial charge in [-0.25, -0.2) is 9.59 Å². The molecule has 0 aliphatic carbocycles. The summed E-state index contributed by atoms with van der Waals surface area (Å²) in [4.78, 5) is 23.0. The lowest BCUT2D eigenvalue weighted by Crippen LogP contribution is -2.58. The quantitative estimate of drug-likeness (QED) is 0.443. The molecule has 0 bridgehead atoms. The van der Waals surface area contributed by atoms with Crippen LogP contribution in [0.25, 0.3) is 0 Å². The van der Waals surface area contributed by atoms with E-state index in [0.29, 0.717) is 5.56 Å². The molecule has 0 heterocycles. The minimum atomic E-state index is -2.82. The molecule has 7 heteroatoms. The summed E-state index contributed by atoms with van der Waals surface area (Å²) in [5, 5.41) is 28.8. The normalized spacial score (nSPS) is 14.1. The van der Waals surface area contributed by atoms with Crippen LogP contribution in [-0.4, -0.2) is 43.9 Å². The van der Waals surface area contributed by atoms with E-state index < -0.39 is 29.8 Å². The molecule has 0 saturated heterocycles. The Balaban J connectivity index is 2.99. The monoisotopic (exact) mass is 297 g/mol. The Kier molecular flexibility index (Phi) is 4.93. The summed E-state index contributed by atoms with van der Waals surface area (Å²) in [7, 11) is 0. The number of rotatable bonds is 4. The molecule has 3 N–H and O–H groups in total. The van der Waals surface area contributed by atoms with Crippen LogP contribution < -0.4 is 0 Å². The van der Waals surface area contributed by atoms with Gasteiger partial charge in [-0.2, -0.15) is 0 Å². The lowest BCUT2D eigenvalue weighted by Gasteiger charge is -2.32. The van der Waals surface area contributed by atoms with Gasteiger partial charge in [-0.05, 0) is 26.3 Å². The van der Waals surface area contributed by atoms with Crippen molar-refractivity contribution in [3.05, 3.63) is 35.9 Å². The van der Waals surface area contributed by atoms with Gasteiger partial charge in [-0.1, -0.05) is 30.3 Å². The van der Waals surface area contributed by atoms with Gasteiger partial charge in [0.1, 0.15) is 5.60 Å². The molecule has 1 amide bonds. The van der Waals surface area contributed by atoms with E-state index in [4.69, 9.17) is 9.84 Å². The third-order valence-electron chi connectivity index (χ3n) is 2.55. The second-order valence-corrected chi connectivity index (χ2v) is 5.58. The van der Waals surface area contributed by atoms with Crippen molar-refractivity contribution in [2.24, 2.45) is 0 Å². The summed E-state index contributed by atoms with van der Waals surface area (Å²) in [6.07, 6.45) is -1.83. The number of aliphatic hydroxyl groups is 1. The fourth-order valence-electron chi connectivity index (χ4n) is 1.58. The van der Waals surface area contributed by atoms with Crippen molar-refractivity contribution in [3.63, 3.8) is 0 Å². The third kappa shape index (κ3) is 4.44. The lowest BCUT2D eigenvalue weighted by atomic mass is 10.0. The van der Waals surface area contributed by atoms with Crippen molar-refractivity contribution in [1.29, 1.82) is 0 Å². The average Bonchev–Trinajstić information content (AvgIpc) is 2.36. The second kappa shape index (κ2) is 6.11. The molecule has 1 rings (SSSR count). The molecule has 0 unspecified atom stereocenters. The van der Waals surface area contributed by atoms with E-state index in [1.54, 1.807) is 51.1 Å². The topological polar surface area (TPSA) is 107 Å². The summed E-state index contributed by atoms with van der Waals surface area (Å²) in [6.45, 7) is 4.65. The number of amides is 1. The van der Waals surface area contributed by atoms with Crippen LogP contribution in [0.15, 0.2) is 30.3 Å². The maximum atomic E-state index is 11.7. The summed E-state index contributed by atoms with van der Waals surface area (Å²) in [6, 6.07) is 8.14. The molecule has 1 aromatic carbocycles. The van der Waals surface area contributed by atoms with Crippen LogP contribution in [0.2, 0.25) is 0 Å². The highest BCUT2D eigenvalue weighted by Crippen LogP contribution is 2.20. The number of nitrogens with zero attached hydrogens (tertiary/aromatic N) is 1. The summed E-state index contributed by atoms with van der Waals surface area (Å²) in [5.41, 5.74) is -3.32. The molecule has 0 aliphatic rings. The number of carboxylic acid groups (broad SMARTS) is 1. The number of hydroxylamine groups is 2. The smallest absolute Gasteiger partial charge is 0.437 e. The first-order valence-corrected chi connectivity index (χ1v) is 6.28. The van der Waals surface area contributed by atoms with E-state index in [2.05, 4.69) is 0 Å². The van der Waals surface area contributed by atoms with E-state index in [0.717, 1.165) is 0 Å². The predicted molar refractivity (Wildman–Crippen MR) is 72.6 cm³/mol. The summed E-state index contributed by atoms with van der Waals surface area (Å²) in [5.74, 6) is -1.76. The van der Waals surface area contributed by atoms with Gasteiger partial charge in [-0.3, -0.25) is 5.21 Å². The Bertz CT molecular complexity index is 510. The molecule has 1 aromatic rings. The van der Waals surface area contributed by atoms with Crippen LogP contribution in [0.5, 0.6) is 0 Å². The number of aliphatic carboxylic acids is 1. The van der Waals surface area contributed by atoms with Gasteiger partial charge in [0.25, 0.3) is 5.72 Å². The molecule has 0 fully saturated rings. The molecular formula is C14H19NO6. The Labute approximate surface area is 122 Å². The van der Waals surface area contributed by atoms with Crippen molar-refractivity contribution < 1.29 is 29.7 Å². The van der Waals surface area contributed by atoms with Crippen LogP contribution in [0, 0.1) is 0 Å². The molecule has 0 aromatic heterocycles. The molecule has 0 radical (unpaired) electrons. The first kappa shape index (κ1) is 16.9. The lowest BCUT2D eigenvalue weighted by molar-refractivity contribution is -0.245. The zero-order valence-corrected chi connectivity index (χ0v) is 12.1. The molecule has 1 atom stereocenters. The Morgan fingerprint density at radius 1 is 1.19 bits per heavy atom. The molecule has 21 heavy (non-hydrogen) atoms. The number of carbonyl (C=O) groups excluding carboxylic acids is 1. The predicted octanol–water partition coefficient (Wildman–Crippen LogP) is 1.63.